The molecule has 0 radical (unpaired) electrons. The zero-order valence-corrected chi connectivity index (χ0v) is 10.6. The molecule has 1 saturated carbocycles. The first-order chi connectivity index (χ1) is 8.25. The molecule has 2 heteroatoms. The van der Waals surface area contributed by atoms with Gasteiger partial charge in [0.1, 0.15) is 0 Å². The van der Waals surface area contributed by atoms with Gasteiger partial charge in [0.2, 0.25) is 0 Å². The Hall–Kier alpha value is -1.02. The summed E-state index contributed by atoms with van der Waals surface area (Å²) in [4.78, 5) is 2.51. The molecule has 1 unspecified atom stereocenters. The summed E-state index contributed by atoms with van der Waals surface area (Å²) in [5.41, 5.74) is 6.87. The van der Waals surface area contributed by atoms with Gasteiger partial charge in [0.25, 0.3) is 0 Å². The Kier molecular flexibility index (Phi) is 1.79. The maximum absolute atomic E-state index is 5.44. The Labute approximate surface area is 103 Å². The third kappa shape index (κ3) is 1.05. The Morgan fingerprint density at radius 1 is 1.29 bits per heavy atom. The highest BCUT2D eigenvalue weighted by molar-refractivity contribution is 5.72. The van der Waals surface area contributed by atoms with E-state index in [0.717, 1.165) is 32.2 Å². The van der Waals surface area contributed by atoms with Gasteiger partial charge in [-0.1, -0.05) is 24.1 Å². The van der Waals surface area contributed by atoms with Crippen molar-refractivity contribution in [3.8, 4) is 0 Å². The summed E-state index contributed by atoms with van der Waals surface area (Å²) < 4.78 is 5.44. The van der Waals surface area contributed by atoms with Crippen LogP contribution in [0, 0.1) is 11.3 Å². The van der Waals surface area contributed by atoms with Crippen LogP contribution in [0.4, 0.5) is 0 Å². The predicted molar refractivity (Wildman–Crippen MR) is 67.5 cm³/mol. The van der Waals surface area contributed by atoms with Gasteiger partial charge in [0.15, 0.2) is 0 Å². The first-order valence-corrected chi connectivity index (χ1v) is 6.72. The van der Waals surface area contributed by atoms with Crippen molar-refractivity contribution in [2.24, 2.45) is 11.3 Å². The highest BCUT2D eigenvalue weighted by atomic mass is 16.5. The zero-order chi connectivity index (χ0) is 11.6. The topological polar surface area (TPSA) is 12.5 Å². The smallest absolute Gasteiger partial charge is 0.0642 e. The molecule has 90 valence electrons. The summed E-state index contributed by atoms with van der Waals surface area (Å²) in [6.45, 7) is 8.55. The number of hydrogen-bond acceptors (Lipinski definition) is 2. The van der Waals surface area contributed by atoms with Gasteiger partial charge >= 0.3 is 0 Å². The Bertz CT molecular complexity index is 479. The summed E-state index contributed by atoms with van der Waals surface area (Å²) in [7, 11) is 0. The Morgan fingerprint density at radius 2 is 2.06 bits per heavy atom. The van der Waals surface area contributed by atoms with Gasteiger partial charge in [0, 0.05) is 24.2 Å². The minimum atomic E-state index is 0.432. The second-order valence-corrected chi connectivity index (χ2v) is 5.78. The van der Waals surface area contributed by atoms with Crippen molar-refractivity contribution >= 4 is 0 Å². The van der Waals surface area contributed by atoms with E-state index >= 15 is 0 Å². The molecule has 0 N–H and O–H groups in total. The van der Waals surface area contributed by atoms with Crippen molar-refractivity contribution in [2.75, 3.05) is 26.3 Å². The average Bonchev–Trinajstić information content (AvgIpc) is 2.96. The van der Waals surface area contributed by atoms with Gasteiger partial charge in [-0.25, -0.2) is 0 Å². The number of ether oxygens (including phenoxy) is 1. The lowest BCUT2D eigenvalue weighted by atomic mass is 9.61. The molecule has 1 saturated heterocycles. The van der Waals surface area contributed by atoms with Gasteiger partial charge in [0.05, 0.1) is 13.2 Å². The Morgan fingerprint density at radius 3 is 2.76 bits per heavy atom. The van der Waals surface area contributed by atoms with E-state index in [2.05, 4.69) is 30.9 Å². The van der Waals surface area contributed by atoms with Crippen LogP contribution in [0.2, 0.25) is 0 Å². The average molecular weight is 229 g/mol. The van der Waals surface area contributed by atoms with Crippen LogP contribution in [0.5, 0.6) is 0 Å². The van der Waals surface area contributed by atoms with Crippen LogP contribution in [0.1, 0.15) is 20.3 Å². The van der Waals surface area contributed by atoms with Crippen molar-refractivity contribution in [2.45, 2.75) is 20.3 Å². The van der Waals surface area contributed by atoms with Gasteiger partial charge in [-0.2, -0.15) is 0 Å². The van der Waals surface area contributed by atoms with Crippen molar-refractivity contribution in [3.05, 3.63) is 34.6 Å². The van der Waals surface area contributed by atoms with E-state index in [0.29, 0.717) is 5.41 Å². The van der Waals surface area contributed by atoms with E-state index in [4.69, 9.17) is 4.74 Å². The molecule has 0 bridgehead atoms. The quantitative estimate of drug-likeness (QED) is 0.685. The number of nitrogens with zero attached hydrogens (tertiary/aromatic N) is 1. The lowest BCUT2D eigenvalue weighted by molar-refractivity contribution is 0.0541. The first-order valence-electron chi connectivity index (χ1n) is 6.72. The molecule has 2 fully saturated rings. The van der Waals surface area contributed by atoms with Gasteiger partial charge in [-0.3, -0.25) is 0 Å². The van der Waals surface area contributed by atoms with Crippen LogP contribution < -0.4 is 0 Å². The number of morpholine rings is 1. The van der Waals surface area contributed by atoms with Crippen molar-refractivity contribution < 1.29 is 4.74 Å². The van der Waals surface area contributed by atoms with Crippen LogP contribution in [0.15, 0.2) is 34.6 Å². The summed E-state index contributed by atoms with van der Waals surface area (Å²) in [5, 5.41) is 0. The van der Waals surface area contributed by atoms with Crippen LogP contribution in [0.3, 0.4) is 0 Å². The van der Waals surface area contributed by atoms with E-state index in [1.165, 1.54) is 12.1 Å². The van der Waals surface area contributed by atoms with E-state index in [1.54, 1.807) is 16.7 Å². The van der Waals surface area contributed by atoms with Crippen molar-refractivity contribution in [3.63, 3.8) is 0 Å². The molecule has 0 aromatic carbocycles. The molecule has 0 amide bonds. The van der Waals surface area contributed by atoms with Crippen molar-refractivity contribution in [1.82, 2.24) is 4.90 Å². The largest absolute Gasteiger partial charge is 0.378 e. The number of allylic oxidation sites excluding steroid dienone is 5. The van der Waals surface area contributed by atoms with Crippen LogP contribution in [0.25, 0.3) is 0 Å². The summed E-state index contributed by atoms with van der Waals surface area (Å²) >= 11 is 0. The molecule has 17 heavy (non-hydrogen) atoms. The van der Waals surface area contributed by atoms with Gasteiger partial charge in [-0.05, 0) is 30.9 Å². The lowest BCUT2D eigenvalue weighted by Gasteiger charge is -2.44. The fourth-order valence-corrected chi connectivity index (χ4v) is 4.09. The number of hydrogen-bond donors (Lipinski definition) is 0. The fourth-order valence-electron chi connectivity index (χ4n) is 4.09. The second kappa shape index (κ2) is 3.05. The SMILES string of the molecule is CC1=C2C(N3CCOCC3)=CC=C3C(C)C[C@]312. The molecule has 3 aliphatic carbocycles. The van der Waals surface area contributed by atoms with E-state index in [1.807, 2.05) is 0 Å². The Balaban J connectivity index is 1.69. The first kappa shape index (κ1) is 9.95. The molecule has 2 nitrogen and oxygen atoms in total. The minimum Gasteiger partial charge on any atom is -0.378 e. The maximum Gasteiger partial charge on any atom is 0.0642 e. The molecule has 1 spiro atoms. The van der Waals surface area contributed by atoms with Gasteiger partial charge < -0.3 is 9.64 Å². The molecule has 0 aromatic heterocycles. The summed E-state index contributed by atoms with van der Waals surface area (Å²) in [5.74, 6) is 0.796. The normalized spacial score (nSPS) is 38.9. The standard InChI is InChI=1S/C15H19NO/c1-10-9-15-11(2)14(15)13(4-3-12(10)15)16-5-7-17-8-6-16/h3-4,10H,5-9H2,1-2H3/t10?,15-/m1/s1. The number of rotatable bonds is 1. The molecule has 2 atom stereocenters. The monoisotopic (exact) mass is 229 g/mol. The summed E-state index contributed by atoms with van der Waals surface area (Å²) in [6, 6.07) is 0. The third-order valence-corrected chi connectivity index (χ3v) is 5.04. The molecule has 4 rings (SSSR count). The summed E-state index contributed by atoms with van der Waals surface area (Å²) in [6.07, 6.45) is 6.08. The van der Waals surface area contributed by atoms with E-state index < -0.39 is 0 Å². The van der Waals surface area contributed by atoms with E-state index in [9.17, 15) is 0 Å². The highest BCUT2D eigenvalue weighted by Gasteiger charge is 2.63. The zero-order valence-electron chi connectivity index (χ0n) is 10.6. The minimum absolute atomic E-state index is 0.432. The molecule has 0 aromatic rings. The lowest BCUT2D eigenvalue weighted by Crippen LogP contribution is -2.39. The second-order valence-electron chi connectivity index (χ2n) is 5.78. The third-order valence-electron chi connectivity index (χ3n) is 5.04. The molecule has 4 aliphatic rings. The fraction of sp³-hybridized carbons (Fsp3) is 0.600. The predicted octanol–water partition coefficient (Wildman–Crippen LogP) is 2.50. The molecule has 1 heterocycles. The highest BCUT2D eigenvalue weighted by Crippen LogP contribution is 2.73. The van der Waals surface area contributed by atoms with Crippen molar-refractivity contribution in [1.29, 1.82) is 0 Å². The van der Waals surface area contributed by atoms with Crippen LogP contribution >= 0.6 is 0 Å². The van der Waals surface area contributed by atoms with Crippen LogP contribution in [-0.4, -0.2) is 31.2 Å². The maximum atomic E-state index is 5.44. The molecule has 1 aliphatic heterocycles. The molecular weight excluding hydrogens is 210 g/mol. The van der Waals surface area contributed by atoms with E-state index in [-0.39, 0.29) is 0 Å². The van der Waals surface area contributed by atoms with Gasteiger partial charge in [-0.15, -0.1) is 0 Å². The molecular formula is C15H19NO. The van der Waals surface area contributed by atoms with Crippen LogP contribution in [-0.2, 0) is 4.74 Å².